The number of halogens is 1. The number of hydrogen-bond acceptors (Lipinski definition) is 2. The molecule has 0 saturated carbocycles. The number of aryl methyl sites for hydroxylation is 2. The van der Waals surface area contributed by atoms with Crippen LogP contribution >= 0.6 is 12.4 Å². The van der Waals surface area contributed by atoms with Crippen molar-refractivity contribution in [3.63, 3.8) is 0 Å². The Morgan fingerprint density at radius 2 is 1.32 bits per heavy atom. The molecule has 0 fully saturated rings. The summed E-state index contributed by atoms with van der Waals surface area (Å²) in [5.74, 6) is -0.0427. The molecule has 0 radical (unpaired) electrons. The Balaban J connectivity index is 0.00000180. The molecule has 0 amide bonds. The molecule has 0 spiro atoms. The van der Waals surface area contributed by atoms with E-state index in [1.807, 2.05) is 62.4 Å². The van der Waals surface area contributed by atoms with E-state index in [0.29, 0.717) is 5.56 Å². The van der Waals surface area contributed by atoms with E-state index in [0.717, 1.165) is 16.7 Å². The topological polar surface area (TPSA) is 43.1 Å². The van der Waals surface area contributed by atoms with Gasteiger partial charge in [0, 0.05) is 5.56 Å². The predicted molar refractivity (Wildman–Crippen MR) is 80.9 cm³/mol. The Labute approximate surface area is 120 Å². The van der Waals surface area contributed by atoms with Gasteiger partial charge in [0.25, 0.3) is 0 Å². The van der Waals surface area contributed by atoms with Crippen molar-refractivity contribution >= 4 is 18.2 Å². The van der Waals surface area contributed by atoms with Crippen LogP contribution in [0.25, 0.3) is 0 Å². The van der Waals surface area contributed by atoms with Gasteiger partial charge in [-0.15, -0.1) is 12.4 Å². The summed E-state index contributed by atoms with van der Waals surface area (Å²) in [7, 11) is 0. The summed E-state index contributed by atoms with van der Waals surface area (Å²) >= 11 is 0. The molecule has 1 unspecified atom stereocenters. The first-order valence-corrected chi connectivity index (χ1v) is 6.01. The second kappa shape index (κ2) is 6.50. The van der Waals surface area contributed by atoms with Gasteiger partial charge in [0.2, 0.25) is 0 Å². The van der Waals surface area contributed by atoms with Crippen molar-refractivity contribution in [2.75, 3.05) is 0 Å². The van der Waals surface area contributed by atoms with Crippen molar-refractivity contribution in [1.82, 2.24) is 0 Å². The first-order chi connectivity index (χ1) is 8.58. The van der Waals surface area contributed by atoms with Crippen molar-refractivity contribution in [3.8, 4) is 0 Å². The van der Waals surface area contributed by atoms with Crippen LogP contribution in [-0.4, -0.2) is 5.78 Å². The van der Waals surface area contributed by atoms with Gasteiger partial charge in [-0.05, 0) is 19.4 Å². The fourth-order valence-corrected chi connectivity index (χ4v) is 1.82. The molecular formula is C16H18ClNO. The molecule has 0 heterocycles. The zero-order chi connectivity index (χ0) is 13.1. The third-order valence-corrected chi connectivity index (χ3v) is 3.06. The summed E-state index contributed by atoms with van der Waals surface area (Å²) in [6, 6.07) is 14.7. The largest absolute Gasteiger partial charge is 0.318 e. The fraction of sp³-hybridized carbons (Fsp3) is 0.188. The average Bonchev–Trinajstić information content (AvgIpc) is 2.39. The Hall–Kier alpha value is -1.64. The standard InChI is InChI=1S/C16H17NO.ClH/c1-11-3-7-13(8-4-11)15(17)16(18)14-9-5-12(2)6-10-14;/h3-10,15H,17H2,1-2H3;1H. The number of rotatable bonds is 3. The molecule has 0 saturated heterocycles. The number of benzene rings is 2. The highest BCUT2D eigenvalue weighted by molar-refractivity contribution is 6.00. The molecule has 2 aromatic rings. The zero-order valence-corrected chi connectivity index (χ0v) is 11.9. The molecule has 0 aliphatic carbocycles. The SMILES string of the molecule is Cc1ccc(C(=O)C(N)c2ccc(C)cc2)cc1.Cl. The molecule has 0 aliphatic rings. The molecule has 2 nitrogen and oxygen atoms in total. The minimum absolute atomic E-state index is 0. The molecule has 0 aliphatic heterocycles. The van der Waals surface area contributed by atoms with E-state index in [4.69, 9.17) is 5.73 Å². The molecular weight excluding hydrogens is 258 g/mol. The summed E-state index contributed by atoms with van der Waals surface area (Å²) in [5, 5.41) is 0. The molecule has 2 N–H and O–H groups in total. The van der Waals surface area contributed by atoms with Gasteiger partial charge in [-0.1, -0.05) is 59.7 Å². The van der Waals surface area contributed by atoms with Crippen LogP contribution in [0.1, 0.15) is 33.1 Å². The van der Waals surface area contributed by atoms with Crippen molar-refractivity contribution in [2.24, 2.45) is 5.73 Å². The lowest BCUT2D eigenvalue weighted by Crippen LogP contribution is -2.21. The molecule has 1 atom stereocenters. The van der Waals surface area contributed by atoms with Gasteiger partial charge >= 0.3 is 0 Å². The second-order valence-corrected chi connectivity index (χ2v) is 4.62. The molecule has 3 heteroatoms. The van der Waals surface area contributed by atoms with Gasteiger partial charge in [-0.3, -0.25) is 4.79 Å². The third kappa shape index (κ3) is 3.66. The number of Topliss-reactive ketones (excluding diaryl/α,β-unsaturated/α-hetero) is 1. The van der Waals surface area contributed by atoms with E-state index in [9.17, 15) is 4.79 Å². The van der Waals surface area contributed by atoms with Crippen LogP contribution in [0.15, 0.2) is 48.5 Å². The van der Waals surface area contributed by atoms with Crippen molar-refractivity contribution in [1.29, 1.82) is 0 Å². The van der Waals surface area contributed by atoms with Crippen LogP contribution in [0.4, 0.5) is 0 Å². The van der Waals surface area contributed by atoms with Crippen molar-refractivity contribution in [2.45, 2.75) is 19.9 Å². The number of nitrogens with two attached hydrogens (primary N) is 1. The molecule has 2 rings (SSSR count). The van der Waals surface area contributed by atoms with Gasteiger partial charge in [0.15, 0.2) is 5.78 Å². The van der Waals surface area contributed by atoms with Gasteiger partial charge < -0.3 is 5.73 Å². The van der Waals surface area contributed by atoms with Crippen LogP contribution in [0.3, 0.4) is 0 Å². The lowest BCUT2D eigenvalue weighted by Gasteiger charge is -2.11. The van der Waals surface area contributed by atoms with Gasteiger partial charge in [0.1, 0.15) is 0 Å². The van der Waals surface area contributed by atoms with Gasteiger partial charge in [-0.2, -0.15) is 0 Å². The summed E-state index contributed by atoms with van der Waals surface area (Å²) in [6.45, 7) is 4.01. The van der Waals surface area contributed by atoms with E-state index in [1.165, 1.54) is 0 Å². The molecule has 0 bridgehead atoms. The zero-order valence-electron chi connectivity index (χ0n) is 11.1. The van der Waals surface area contributed by atoms with Crippen LogP contribution < -0.4 is 5.73 Å². The maximum atomic E-state index is 12.2. The second-order valence-electron chi connectivity index (χ2n) is 4.62. The van der Waals surface area contributed by atoms with Crippen molar-refractivity contribution < 1.29 is 4.79 Å². The maximum absolute atomic E-state index is 12.2. The van der Waals surface area contributed by atoms with Gasteiger partial charge in [-0.25, -0.2) is 0 Å². The van der Waals surface area contributed by atoms with Gasteiger partial charge in [0.05, 0.1) is 6.04 Å². The molecule has 0 aromatic heterocycles. The predicted octanol–water partition coefficient (Wildman–Crippen LogP) is 3.61. The Kier molecular flexibility index (Phi) is 5.28. The fourth-order valence-electron chi connectivity index (χ4n) is 1.82. The highest BCUT2D eigenvalue weighted by Crippen LogP contribution is 2.17. The monoisotopic (exact) mass is 275 g/mol. The molecule has 100 valence electrons. The van der Waals surface area contributed by atoms with E-state index in [2.05, 4.69) is 0 Å². The quantitative estimate of drug-likeness (QED) is 0.870. The first-order valence-electron chi connectivity index (χ1n) is 6.01. The highest BCUT2D eigenvalue weighted by Gasteiger charge is 2.17. The Morgan fingerprint density at radius 1 is 0.895 bits per heavy atom. The van der Waals surface area contributed by atoms with Crippen LogP contribution in [-0.2, 0) is 0 Å². The normalized spacial score (nSPS) is 11.5. The Morgan fingerprint density at radius 3 is 1.79 bits per heavy atom. The lowest BCUT2D eigenvalue weighted by molar-refractivity contribution is 0.0961. The highest BCUT2D eigenvalue weighted by atomic mass is 35.5. The van der Waals surface area contributed by atoms with E-state index < -0.39 is 6.04 Å². The minimum atomic E-state index is -0.590. The van der Waals surface area contributed by atoms with E-state index in [-0.39, 0.29) is 18.2 Å². The van der Waals surface area contributed by atoms with E-state index in [1.54, 1.807) is 0 Å². The number of ketones is 1. The lowest BCUT2D eigenvalue weighted by atomic mass is 9.97. The smallest absolute Gasteiger partial charge is 0.184 e. The van der Waals surface area contributed by atoms with Crippen LogP contribution in [0.2, 0.25) is 0 Å². The minimum Gasteiger partial charge on any atom is -0.318 e. The number of carbonyl (C=O) groups excluding carboxylic acids is 1. The number of hydrogen-bond donors (Lipinski definition) is 1. The summed E-state index contributed by atoms with van der Waals surface area (Å²) in [5.41, 5.74) is 9.82. The molecule has 2 aromatic carbocycles. The summed E-state index contributed by atoms with van der Waals surface area (Å²) in [6.07, 6.45) is 0. The average molecular weight is 276 g/mol. The van der Waals surface area contributed by atoms with Crippen LogP contribution in [0.5, 0.6) is 0 Å². The summed E-state index contributed by atoms with van der Waals surface area (Å²) in [4.78, 5) is 12.2. The van der Waals surface area contributed by atoms with Crippen LogP contribution in [0, 0.1) is 13.8 Å². The summed E-state index contributed by atoms with van der Waals surface area (Å²) < 4.78 is 0. The Bertz CT molecular complexity index is 546. The van der Waals surface area contributed by atoms with Crippen molar-refractivity contribution in [3.05, 3.63) is 70.8 Å². The first kappa shape index (κ1) is 15.4. The maximum Gasteiger partial charge on any atom is 0.184 e. The molecule has 19 heavy (non-hydrogen) atoms. The van der Waals surface area contributed by atoms with E-state index >= 15 is 0 Å². The number of carbonyl (C=O) groups is 1. The third-order valence-electron chi connectivity index (χ3n) is 3.06.